The molecule has 6 atom stereocenters. The third-order valence-electron chi connectivity index (χ3n) is 7.89. The van der Waals surface area contributed by atoms with Crippen LogP contribution < -0.4 is 0 Å². The van der Waals surface area contributed by atoms with Gasteiger partial charge in [-0.2, -0.15) is 0 Å². The Morgan fingerprint density at radius 1 is 0.605 bits per heavy atom. The number of fused-ring (bicyclic) bond motifs is 2. The maximum absolute atomic E-state index is 6.84. The van der Waals surface area contributed by atoms with Gasteiger partial charge < -0.3 is 23.7 Å². The predicted molar refractivity (Wildman–Crippen MR) is 169 cm³/mol. The van der Waals surface area contributed by atoms with Crippen molar-refractivity contribution >= 4 is 22.5 Å². The molecule has 2 aliphatic rings. The van der Waals surface area contributed by atoms with Gasteiger partial charge in [0.1, 0.15) is 29.9 Å². The zero-order valence-electron chi connectivity index (χ0n) is 23.7. The van der Waals surface area contributed by atoms with Crippen molar-refractivity contribution < 1.29 is 23.7 Å². The standard InChI is InChI=1S/C37H34O5S/c1-4-12-26(13-5-1)23-39-35-34(38-24-27-20-21-28-14-10-11-17-30(28)22-27)33-32(41-37(35)43-31-18-8-3-9-19-31)25-40-36(42-33)29-15-6-2-7-16-29/h1-22,32-37H,23-25H2/t32?,33-,34?,35?,36?,37-/m0/s1. The Bertz CT molecular complexity index is 1600. The zero-order valence-corrected chi connectivity index (χ0v) is 24.6. The number of rotatable bonds is 9. The predicted octanol–water partition coefficient (Wildman–Crippen LogP) is 7.94. The van der Waals surface area contributed by atoms with Gasteiger partial charge >= 0.3 is 0 Å². The van der Waals surface area contributed by atoms with Crippen molar-refractivity contribution in [3.05, 3.63) is 150 Å². The maximum atomic E-state index is 6.84. The quantitative estimate of drug-likeness (QED) is 0.174. The highest BCUT2D eigenvalue weighted by Gasteiger charge is 2.51. The first kappa shape index (κ1) is 28.3. The second kappa shape index (κ2) is 13.4. The minimum absolute atomic E-state index is 0.306. The summed E-state index contributed by atoms with van der Waals surface area (Å²) in [5, 5.41) is 2.40. The molecular formula is C37H34O5S. The van der Waals surface area contributed by atoms with Gasteiger partial charge in [-0.15, -0.1) is 0 Å². The maximum Gasteiger partial charge on any atom is 0.184 e. The summed E-state index contributed by atoms with van der Waals surface area (Å²) in [6.45, 7) is 1.26. The van der Waals surface area contributed by atoms with E-state index in [1.165, 1.54) is 10.8 Å². The molecule has 2 heterocycles. The van der Waals surface area contributed by atoms with Crippen molar-refractivity contribution in [2.24, 2.45) is 0 Å². The molecule has 0 aliphatic carbocycles. The molecule has 0 radical (unpaired) electrons. The Labute approximate surface area is 256 Å². The normalized spacial score (nSPS) is 25.3. The van der Waals surface area contributed by atoms with Crippen LogP contribution in [0.2, 0.25) is 0 Å². The first-order valence-corrected chi connectivity index (χ1v) is 15.6. The molecule has 6 heteroatoms. The van der Waals surface area contributed by atoms with Gasteiger partial charge in [0.05, 0.1) is 19.8 Å². The second-order valence-electron chi connectivity index (χ2n) is 10.9. The van der Waals surface area contributed by atoms with E-state index in [0.29, 0.717) is 19.8 Å². The highest BCUT2D eigenvalue weighted by molar-refractivity contribution is 7.99. The summed E-state index contributed by atoms with van der Waals surface area (Å²) in [5.41, 5.74) is 2.84. The molecule has 2 fully saturated rings. The monoisotopic (exact) mass is 590 g/mol. The molecule has 2 aliphatic heterocycles. The van der Waals surface area contributed by atoms with Crippen LogP contribution in [-0.4, -0.2) is 36.5 Å². The Morgan fingerprint density at radius 2 is 1.26 bits per heavy atom. The van der Waals surface area contributed by atoms with E-state index in [1.807, 2.05) is 66.7 Å². The van der Waals surface area contributed by atoms with Crippen molar-refractivity contribution in [3.63, 3.8) is 0 Å². The van der Waals surface area contributed by atoms with Gasteiger partial charge in [0.15, 0.2) is 6.29 Å². The largest absolute Gasteiger partial charge is 0.368 e. The summed E-state index contributed by atoms with van der Waals surface area (Å²) in [4.78, 5) is 1.10. The van der Waals surface area contributed by atoms with Gasteiger partial charge in [0.25, 0.3) is 0 Å². The Balaban J connectivity index is 1.20. The van der Waals surface area contributed by atoms with Gasteiger partial charge in [-0.1, -0.05) is 127 Å². The average molecular weight is 591 g/mol. The number of ether oxygens (including phenoxy) is 5. The van der Waals surface area contributed by atoms with E-state index in [9.17, 15) is 0 Å². The Hall–Kier alpha value is -3.49. The SMILES string of the molecule is c1ccc(COC2C(OCc3ccc4ccccc4c3)[C@H]3OC(c4ccccc4)OCC3O[C@H]2Sc2ccccc2)cc1. The lowest BCUT2D eigenvalue weighted by Gasteiger charge is -2.49. The van der Waals surface area contributed by atoms with Crippen molar-refractivity contribution in [2.45, 2.75) is 54.3 Å². The van der Waals surface area contributed by atoms with E-state index in [0.717, 1.165) is 21.6 Å². The number of hydrogen-bond donors (Lipinski definition) is 0. The van der Waals surface area contributed by atoms with Gasteiger partial charge in [-0.3, -0.25) is 0 Å². The molecule has 5 nitrogen and oxygen atoms in total. The smallest absolute Gasteiger partial charge is 0.184 e. The first-order valence-electron chi connectivity index (χ1n) is 14.7. The van der Waals surface area contributed by atoms with E-state index >= 15 is 0 Å². The van der Waals surface area contributed by atoms with Crippen molar-refractivity contribution in [2.75, 3.05) is 6.61 Å². The summed E-state index contributed by atoms with van der Waals surface area (Å²) in [7, 11) is 0. The van der Waals surface area contributed by atoms with Crippen LogP contribution >= 0.6 is 11.8 Å². The Morgan fingerprint density at radius 3 is 2.05 bits per heavy atom. The van der Waals surface area contributed by atoms with E-state index in [2.05, 4.69) is 66.7 Å². The fourth-order valence-electron chi connectivity index (χ4n) is 5.71. The van der Waals surface area contributed by atoms with Gasteiger partial charge in [-0.25, -0.2) is 0 Å². The molecule has 7 rings (SSSR count). The molecule has 0 saturated carbocycles. The molecular weight excluding hydrogens is 556 g/mol. The van der Waals surface area contributed by atoms with Crippen LogP contribution in [0.25, 0.3) is 10.8 Å². The van der Waals surface area contributed by atoms with Crippen molar-refractivity contribution in [3.8, 4) is 0 Å². The Kier molecular flexibility index (Phi) is 8.84. The first-order chi connectivity index (χ1) is 21.3. The van der Waals surface area contributed by atoms with Crippen molar-refractivity contribution in [1.29, 1.82) is 0 Å². The van der Waals surface area contributed by atoms with Crippen LogP contribution in [0, 0.1) is 0 Å². The van der Waals surface area contributed by atoms with Gasteiger partial charge in [0.2, 0.25) is 0 Å². The van der Waals surface area contributed by atoms with Crippen molar-refractivity contribution in [1.82, 2.24) is 0 Å². The lowest BCUT2D eigenvalue weighted by atomic mass is 9.98. The van der Waals surface area contributed by atoms with E-state index in [-0.39, 0.29) is 17.6 Å². The highest BCUT2D eigenvalue weighted by atomic mass is 32.2. The number of thioether (sulfide) groups is 1. The fraction of sp³-hybridized carbons (Fsp3) is 0.243. The average Bonchev–Trinajstić information content (AvgIpc) is 3.07. The summed E-state index contributed by atoms with van der Waals surface area (Å²) in [6, 6.07) is 45.4. The van der Waals surface area contributed by atoms with Crippen LogP contribution in [0.4, 0.5) is 0 Å². The van der Waals surface area contributed by atoms with Gasteiger partial charge in [-0.05, 0) is 40.1 Å². The molecule has 43 heavy (non-hydrogen) atoms. The van der Waals surface area contributed by atoms with E-state index in [4.69, 9.17) is 23.7 Å². The summed E-state index contributed by atoms with van der Waals surface area (Å²) in [5.74, 6) is 0. The lowest BCUT2D eigenvalue weighted by molar-refractivity contribution is -0.329. The van der Waals surface area contributed by atoms with Crippen LogP contribution in [0.15, 0.2) is 138 Å². The molecule has 4 unspecified atom stereocenters. The molecule has 2 saturated heterocycles. The topological polar surface area (TPSA) is 46.2 Å². The minimum atomic E-state index is -0.508. The zero-order chi connectivity index (χ0) is 28.8. The lowest BCUT2D eigenvalue weighted by Crippen LogP contribution is -2.62. The molecule has 0 aromatic heterocycles. The second-order valence-corrected chi connectivity index (χ2v) is 12.0. The molecule has 0 amide bonds. The molecule has 5 aromatic rings. The van der Waals surface area contributed by atoms with Crippen LogP contribution in [0.1, 0.15) is 23.0 Å². The van der Waals surface area contributed by atoms with Crippen LogP contribution in [-0.2, 0) is 36.9 Å². The third kappa shape index (κ3) is 6.70. The molecule has 0 N–H and O–H groups in total. The van der Waals surface area contributed by atoms with E-state index < -0.39 is 18.5 Å². The summed E-state index contributed by atoms with van der Waals surface area (Å²) >= 11 is 1.65. The molecule has 0 bridgehead atoms. The molecule has 218 valence electrons. The minimum Gasteiger partial charge on any atom is -0.368 e. The highest BCUT2D eigenvalue weighted by Crippen LogP contribution is 2.41. The van der Waals surface area contributed by atoms with E-state index in [1.54, 1.807) is 11.8 Å². The molecule has 0 spiro atoms. The number of hydrogen-bond acceptors (Lipinski definition) is 6. The summed E-state index contributed by atoms with van der Waals surface area (Å²) in [6.07, 6.45) is -2.00. The fourth-order valence-corrected chi connectivity index (χ4v) is 6.86. The van der Waals surface area contributed by atoms with Crippen LogP contribution in [0.3, 0.4) is 0 Å². The molecule has 5 aromatic carbocycles. The number of benzene rings is 5. The van der Waals surface area contributed by atoms with Crippen LogP contribution in [0.5, 0.6) is 0 Å². The third-order valence-corrected chi connectivity index (χ3v) is 9.05. The van der Waals surface area contributed by atoms with Gasteiger partial charge in [0, 0.05) is 10.5 Å². The summed E-state index contributed by atoms with van der Waals surface area (Å²) < 4.78 is 33.2.